The number of hydrogen-bond donors (Lipinski definition) is 3. The van der Waals surface area contributed by atoms with Crippen molar-refractivity contribution in [2.75, 3.05) is 0 Å². The minimum Gasteiger partial charge on any atom is -0.790 e. The van der Waals surface area contributed by atoms with Crippen molar-refractivity contribution in [3.63, 3.8) is 0 Å². The van der Waals surface area contributed by atoms with Crippen LogP contribution < -0.4 is 9.79 Å². The third-order valence-corrected chi connectivity index (χ3v) is 0. The predicted octanol–water partition coefficient (Wildman–Crippen LogP) is -1.43. The molecule has 0 aliphatic heterocycles. The summed E-state index contributed by atoms with van der Waals surface area (Å²) in [6.45, 7) is 0. The van der Waals surface area contributed by atoms with Gasteiger partial charge in [0.25, 0.3) is 0 Å². The molecule has 46 valence electrons. The van der Waals surface area contributed by atoms with E-state index < -0.39 is 7.82 Å². The molecule has 0 aromatic rings. The summed E-state index contributed by atoms with van der Waals surface area (Å²) in [5.74, 6) is 0. The molecule has 0 rings (SSSR count). The zero-order chi connectivity index (χ0) is 6.50. The first-order valence-electron chi connectivity index (χ1n) is 0.948. The van der Waals surface area contributed by atoms with Crippen LogP contribution >= 0.6 is 31.1 Å². The molecule has 0 fully saturated rings. The van der Waals surface area contributed by atoms with Crippen LogP contribution in [0.2, 0.25) is 0 Å². The molecule has 8 heteroatoms. The van der Waals surface area contributed by atoms with Crippen molar-refractivity contribution in [3.8, 4) is 0 Å². The zero-order valence-electron chi connectivity index (χ0n) is 3.72. The third kappa shape index (κ3) is 150. The maximum atomic E-state index is 8.66. The smallest absolute Gasteiger partial charge is 0.790 e. The van der Waals surface area contributed by atoms with Crippen molar-refractivity contribution in [2.24, 2.45) is 0 Å². The SMILES string of the molecule is O=P([O-])([O-])O.SS.[Zn+2]. The van der Waals surface area contributed by atoms with Crippen molar-refractivity contribution < 1.29 is 38.7 Å². The molecule has 0 amide bonds. The first-order valence-corrected chi connectivity index (χ1v) is 4.04. The minimum atomic E-state index is -5.14. The summed E-state index contributed by atoms with van der Waals surface area (Å²) in [4.78, 5) is 24.3. The van der Waals surface area contributed by atoms with Gasteiger partial charge in [0.1, 0.15) is 0 Å². The molecule has 0 bridgehead atoms. The van der Waals surface area contributed by atoms with E-state index in [1.807, 2.05) is 0 Å². The predicted molar refractivity (Wildman–Crippen MR) is 27.8 cm³/mol. The van der Waals surface area contributed by atoms with Crippen molar-refractivity contribution in [2.45, 2.75) is 0 Å². The van der Waals surface area contributed by atoms with E-state index in [0.717, 1.165) is 0 Å². The van der Waals surface area contributed by atoms with Crippen LogP contribution in [-0.4, -0.2) is 4.89 Å². The molecule has 4 nitrogen and oxygen atoms in total. The van der Waals surface area contributed by atoms with Gasteiger partial charge in [-0.1, -0.05) is 0 Å². The van der Waals surface area contributed by atoms with E-state index in [9.17, 15) is 0 Å². The molecule has 0 aliphatic carbocycles. The van der Waals surface area contributed by atoms with E-state index in [2.05, 4.69) is 23.3 Å². The fourth-order valence-electron chi connectivity index (χ4n) is 0. The van der Waals surface area contributed by atoms with E-state index >= 15 is 0 Å². The molecular weight excluding hydrogens is 224 g/mol. The molecule has 0 atom stereocenters. The molecule has 0 aromatic carbocycles. The fraction of sp³-hybridized carbons (Fsp3) is 0. The van der Waals surface area contributed by atoms with E-state index in [1.54, 1.807) is 0 Å². The molecule has 0 heterocycles. The summed E-state index contributed by atoms with van der Waals surface area (Å²) >= 11 is 6.44. The van der Waals surface area contributed by atoms with Crippen LogP contribution in [0.15, 0.2) is 0 Å². The Morgan fingerprint density at radius 1 is 1.38 bits per heavy atom. The second kappa shape index (κ2) is 8.43. The van der Waals surface area contributed by atoms with E-state index in [-0.39, 0.29) is 19.5 Å². The van der Waals surface area contributed by atoms with Crippen LogP contribution in [-0.2, 0) is 24.0 Å². The number of rotatable bonds is 0. The number of hydrogen-bond acceptors (Lipinski definition) is 5. The van der Waals surface area contributed by atoms with E-state index in [4.69, 9.17) is 19.2 Å². The molecular formula is H3O4PS2Zn. The average molecular weight is 228 g/mol. The van der Waals surface area contributed by atoms with Gasteiger partial charge in [-0.15, -0.1) is 23.3 Å². The second-order valence-corrected chi connectivity index (χ2v) is 1.41. The first kappa shape index (κ1) is 16.2. The Morgan fingerprint density at radius 2 is 1.38 bits per heavy atom. The fourth-order valence-corrected chi connectivity index (χ4v) is 0. The Morgan fingerprint density at radius 3 is 1.38 bits per heavy atom. The summed E-state index contributed by atoms with van der Waals surface area (Å²) in [5, 5.41) is 0. The van der Waals surface area contributed by atoms with Gasteiger partial charge in [-0.25, -0.2) is 0 Å². The van der Waals surface area contributed by atoms with Gasteiger partial charge in [0, 0.05) is 0 Å². The molecule has 1 N–H and O–H groups in total. The molecule has 8 heavy (non-hydrogen) atoms. The molecule has 0 radical (unpaired) electrons. The minimum absolute atomic E-state index is 0. The van der Waals surface area contributed by atoms with E-state index in [1.165, 1.54) is 0 Å². The first-order chi connectivity index (χ1) is 3.00. The van der Waals surface area contributed by atoms with Gasteiger partial charge in [-0.2, -0.15) is 0 Å². The van der Waals surface area contributed by atoms with Gasteiger partial charge in [-0.05, 0) is 0 Å². The standard InChI is InChI=1S/H3O4P.H2S2.Zn/c1-5(2,3)4;1-2;/h(H3,1,2,3,4);1-2H;/q;;+2/p-2. The van der Waals surface area contributed by atoms with Crippen molar-refractivity contribution in [1.29, 1.82) is 0 Å². The zero-order valence-corrected chi connectivity index (χ0v) is 9.37. The third-order valence-electron chi connectivity index (χ3n) is 0. The molecule has 0 saturated carbocycles. The van der Waals surface area contributed by atoms with Gasteiger partial charge >= 0.3 is 19.5 Å². The Balaban J connectivity index is -0.0000000750. The molecule has 0 unspecified atom stereocenters. The normalized spacial score (nSPS) is 8.12. The summed E-state index contributed by atoms with van der Waals surface area (Å²) in [7, 11) is -5.14. The Kier molecular flexibility index (Phi) is 17.1. The second-order valence-electron chi connectivity index (χ2n) is 0.469. The molecule has 0 spiro atoms. The number of phosphoric acid groups is 1. The van der Waals surface area contributed by atoms with Gasteiger partial charge in [-0.3, -0.25) is 0 Å². The largest absolute Gasteiger partial charge is 2.00 e. The van der Waals surface area contributed by atoms with Crippen LogP contribution in [0.25, 0.3) is 0 Å². The van der Waals surface area contributed by atoms with Crippen LogP contribution in [0, 0.1) is 0 Å². The summed E-state index contributed by atoms with van der Waals surface area (Å²) in [5.41, 5.74) is 0. The van der Waals surface area contributed by atoms with Crippen LogP contribution in [0.4, 0.5) is 0 Å². The van der Waals surface area contributed by atoms with Crippen LogP contribution in [0.1, 0.15) is 0 Å². The molecule has 0 aliphatic rings. The van der Waals surface area contributed by atoms with Crippen molar-refractivity contribution >= 4 is 31.1 Å². The summed E-state index contributed by atoms with van der Waals surface area (Å²) in [6, 6.07) is 0. The Bertz CT molecular complexity index is 60.2. The quantitative estimate of drug-likeness (QED) is 0.205. The summed E-state index contributed by atoms with van der Waals surface area (Å²) < 4.78 is 8.66. The van der Waals surface area contributed by atoms with Crippen LogP contribution in [0.5, 0.6) is 0 Å². The maximum absolute atomic E-state index is 8.66. The topological polar surface area (TPSA) is 83.4 Å². The van der Waals surface area contributed by atoms with Gasteiger partial charge in [0.15, 0.2) is 0 Å². The molecule has 0 aromatic heterocycles. The van der Waals surface area contributed by atoms with Gasteiger partial charge < -0.3 is 19.2 Å². The summed E-state index contributed by atoms with van der Waals surface area (Å²) in [6.07, 6.45) is 0. The van der Waals surface area contributed by atoms with Crippen molar-refractivity contribution in [1.82, 2.24) is 0 Å². The van der Waals surface area contributed by atoms with Gasteiger partial charge in [0.05, 0.1) is 7.82 Å². The monoisotopic (exact) mass is 226 g/mol. The van der Waals surface area contributed by atoms with Crippen molar-refractivity contribution in [3.05, 3.63) is 0 Å². The van der Waals surface area contributed by atoms with Gasteiger partial charge in [0.2, 0.25) is 0 Å². The molecule has 0 saturated heterocycles. The van der Waals surface area contributed by atoms with Crippen LogP contribution in [0.3, 0.4) is 0 Å². The number of thiol groups is 2. The van der Waals surface area contributed by atoms with E-state index in [0.29, 0.717) is 0 Å². The maximum Gasteiger partial charge on any atom is 2.00 e. The average Bonchev–Trinajstić information content (AvgIpc) is 1.36. The Labute approximate surface area is 69.9 Å². The Hall–Kier alpha value is 1.43.